The molecule has 1 atom stereocenters. The second-order valence-electron chi connectivity index (χ2n) is 10.4. The molecule has 0 aliphatic rings. The zero-order valence-electron chi connectivity index (χ0n) is 24.1. The van der Waals surface area contributed by atoms with Gasteiger partial charge in [0.25, 0.3) is 0 Å². The van der Waals surface area contributed by atoms with Crippen molar-refractivity contribution in [3.05, 3.63) is 83.9 Å². The molecule has 0 heterocycles. The van der Waals surface area contributed by atoms with E-state index < -0.39 is 0 Å². The van der Waals surface area contributed by atoms with Gasteiger partial charge in [0.15, 0.2) is 0 Å². The number of carbonyl (C=O) groups is 1. The molecule has 0 saturated heterocycles. The Labute approximate surface area is 240 Å². The summed E-state index contributed by atoms with van der Waals surface area (Å²) >= 11 is 2.01. The van der Waals surface area contributed by atoms with Crippen LogP contribution in [-0.4, -0.2) is 24.1 Å². The smallest absolute Gasteiger partial charge is 0.343 e. The van der Waals surface area contributed by atoms with Crippen molar-refractivity contribution in [2.24, 2.45) is 5.92 Å². The first-order chi connectivity index (χ1) is 19.1. The van der Waals surface area contributed by atoms with Crippen LogP contribution in [0.25, 0.3) is 11.1 Å². The highest BCUT2D eigenvalue weighted by molar-refractivity contribution is 7.99. The van der Waals surface area contributed by atoms with E-state index in [2.05, 4.69) is 45.0 Å². The van der Waals surface area contributed by atoms with Crippen molar-refractivity contribution in [3.8, 4) is 22.6 Å². The summed E-state index contributed by atoms with van der Waals surface area (Å²) in [4.78, 5) is 12.6. The Morgan fingerprint density at radius 2 is 1.28 bits per heavy atom. The van der Waals surface area contributed by atoms with E-state index >= 15 is 0 Å². The standard InChI is InChI=1S/C35H46O3S/c1-4-6-7-8-9-10-11-12-25-37-33-21-19-32(20-22-33)35(36)38-34-23-17-31(18-24-34)30-15-13-29(14-16-30)26-28(3)27-39-5-2/h13-24,28H,4-12,25-27H2,1-3H3. The van der Waals surface area contributed by atoms with E-state index in [9.17, 15) is 4.79 Å². The molecule has 0 aromatic heterocycles. The maximum absolute atomic E-state index is 12.6. The first kappa shape index (κ1) is 30.8. The number of hydrogen-bond donors (Lipinski definition) is 0. The minimum absolute atomic E-state index is 0.364. The fourth-order valence-corrected chi connectivity index (χ4v) is 5.36. The summed E-state index contributed by atoms with van der Waals surface area (Å²) in [7, 11) is 0. The number of thioether (sulfide) groups is 1. The van der Waals surface area contributed by atoms with Crippen molar-refractivity contribution in [3.63, 3.8) is 0 Å². The Kier molecular flexibility index (Phi) is 14.1. The van der Waals surface area contributed by atoms with Crippen LogP contribution in [-0.2, 0) is 6.42 Å². The predicted molar refractivity (Wildman–Crippen MR) is 167 cm³/mol. The van der Waals surface area contributed by atoms with Gasteiger partial charge in [-0.05, 0) is 83.4 Å². The van der Waals surface area contributed by atoms with Crippen LogP contribution in [0, 0.1) is 5.92 Å². The van der Waals surface area contributed by atoms with Crippen LogP contribution in [0.1, 0.15) is 88.1 Å². The maximum atomic E-state index is 12.6. The van der Waals surface area contributed by atoms with Gasteiger partial charge in [-0.2, -0.15) is 11.8 Å². The fourth-order valence-electron chi connectivity index (χ4n) is 4.61. The number of esters is 1. The molecule has 4 heteroatoms. The Morgan fingerprint density at radius 3 is 1.90 bits per heavy atom. The zero-order chi connectivity index (χ0) is 27.7. The molecule has 0 saturated carbocycles. The molecule has 0 aliphatic carbocycles. The largest absolute Gasteiger partial charge is 0.494 e. The number of unbranched alkanes of at least 4 members (excludes halogenated alkanes) is 7. The topological polar surface area (TPSA) is 35.5 Å². The molecule has 39 heavy (non-hydrogen) atoms. The lowest BCUT2D eigenvalue weighted by Gasteiger charge is -2.11. The minimum Gasteiger partial charge on any atom is -0.494 e. The Morgan fingerprint density at radius 1 is 0.718 bits per heavy atom. The lowest BCUT2D eigenvalue weighted by molar-refractivity contribution is 0.0734. The SMILES string of the molecule is CCCCCCCCCCOc1ccc(C(=O)Oc2ccc(-c3ccc(CC(C)CSCC)cc3)cc2)cc1. The molecule has 210 valence electrons. The molecule has 3 aromatic rings. The van der Waals surface area contributed by atoms with Gasteiger partial charge in [-0.15, -0.1) is 0 Å². The summed E-state index contributed by atoms with van der Waals surface area (Å²) in [6.07, 6.45) is 11.3. The summed E-state index contributed by atoms with van der Waals surface area (Å²) in [5, 5.41) is 0. The number of rotatable bonds is 18. The van der Waals surface area contributed by atoms with Crippen molar-refractivity contribution in [1.29, 1.82) is 0 Å². The first-order valence-electron chi connectivity index (χ1n) is 14.8. The van der Waals surface area contributed by atoms with Crippen LogP contribution in [0.15, 0.2) is 72.8 Å². The first-order valence-corrected chi connectivity index (χ1v) is 16.0. The minimum atomic E-state index is -0.364. The maximum Gasteiger partial charge on any atom is 0.343 e. The second kappa shape index (κ2) is 17.8. The quantitative estimate of drug-likeness (QED) is 0.0903. The second-order valence-corrected chi connectivity index (χ2v) is 11.7. The Balaban J connectivity index is 1.40. The van der Waals surface area contributed by atoms with Crippen LogP contribution in [0.2, 0.25) is 0 Å². The normalized spacial score (nSPS) is 11.8. The van der Waals surface area contributed by atoms with Gasteiger partial charge in [0.05, 0.1) is 12.2 Å². The van der Waals surface area contributed by atoms with E-state index in [-0.39, 0.29) is 5.97 Å². The van der Waals surface area contributed by atoms with Gasteiger partial charge >= 0.3 is 5.97 Å². The molecule has 3 nitrogen and oxygen atoms in total. The average Bonchev–Trinajstić information content (AvgIpc) is 2.96. The molecule has 0 amide bonds. The van der Waals surface area contributed by atoms with E-state index in [1.165, 1.54) is 62.0 Å². The molecule has 0 aliphatic heterocycles. The van der Waals surface area contributed by atoms with Crippen molar-refractivity contribution in [2.75, 3.05) is 18.1 Å². The highest BCUT2D eigenvalue weighted by atomic mass is 32.2. The van der Waals surface area contributed by atoms with Gasteiger partial charge in [-0.1, -0.05) is 102 Å². The van der Waals surface area contributed by atoms with E-state index in [0.29, 0.717) is 23.8 Å². The van der Waals surface area contributed by atoms with Gasteiger partial charge < -0.3 is 9.47 Å². The molecule has 0 bridgehead atoms. The summed E-state index contributed by atoms with van der Waals surface area (Å²) in [6.45, 7) is 7.49. The number of ether oxygens (including phenoxy) is 2. The average molecular weight is 547 g/mol. The Bertz CT molecular complexity index is 1070. The van der Waals surface area contributed by atoms with Crippen LogP contribution in [0.5, 0.6) is 11.5 Å². The lowest BCUT2D eigenvalue weighted by Crippen LogP contribution is -2.08. The molecule has 0 spiro atoms. The summed E-state index contributed by atoms with van der Waals surface area (Å²) in [6, 6.07) is 23.7. The molecular formula is C35H46O3S. The number of benzene rings is 3. The van der Waals surface area contributed by atoms with Gasteiger partial charge in [0.2, 0.25) is 0 Å². The van der Waals surface area contributed by atoms with E-state index in [4.69, 9.17) is 9.47 Å². The predicted octanol–water partition coefficient (Wildman–Crippen LogP) is 10.0. The summed E-state index contributed by atoms with van der Waals surface area (Å²) < 4.78 is 11.5. The van der Waals surface area contributed by atoms with Crippen LogP contribution >= 0.6 is 11.8 Å². The molecule has 3 rings (SSSR count). The van der Waals surface area contributed by atoms with Crippen molar-refractivity contribution in [2.45, 2.75) is 78.6 Å². The van der Waals surface area contributed by atoms with Crippen molar-refractivity contribution >= 4 is 17.7 Å². The monoisotopic (exact) mass is 546 g/mol. The van der Waals surface area contributed by atoms with E-state index in [1.54, 1.807) is 12.1 Å². The lowest BCUT2D eigenvalue weighted by atomic mass is 9.99. The van der Waals surface area contributed by atoms with Crippen LogP contribution in [0.4, 0.5) is 0 Å². The third-order valence-electron chi connectivity index (χ3n) is 6.90. The third-order valence-corrected chi connectivity index (χ3v) is 8.11. The molecule has 0 N–H and O–H groups in total. The highest BCUT2D eigenvalue weighted by Gasteiger charge is 2.10. The molecule has 0 radical (unpaired) electrons. The van der Waals surface area contributed by atoms with Crippen molar-refractivity contribution < 1.29 is 14.3 Å². The van der Waals surface area contributed by atoms with Gasteiger partial charge in [0, 0.05) is 0 Å². The Hall–Kier alpha value is -2.72. The number of carbonyl (C=O) groups excluding carboxylic acids is 1. The fraction of sp³-hybridized carbons (Fsp3) is 0.457. The molecular weight excluding hydrogens is 500 g/mol. The zero-order valence-corrected chi connectivity index (χ0v) is 24.9. The molecule has 1 unspecified atom stereocenters. The molecule has 3 aromatic carbocycles. The number of hydrogen-bond acceptors (Lipinski definition) is 4. The van der Waals surface area contributed by atoms with Gasteiger partial charge in [0.1, 0.15) is 11.5 Å². The van der Waals surface area contributed by atoms with E-state index in [0.717, 1.165) is 29.7 Å². The van der Waals surface area contributed by atoms with Gasteiger partial charge in [-0.25, -0.2) is 4.79 Å². The van der Waals surface area contributed by atoms with Crippen LogP contribution in [0.3, 0.4) is 0 Å². The van der Waals surface area contributed by atoms with Gasteiger partial charge in [-0.3, -0.25) is 0 Å². The highest BCUT2D eigenvalue weighted by Crippen LogP contribution is 2.25. The van der Waals surface area contributed by atoms with Crippen LogP contribution < -0.4 is 9.47 Å². The summed E-state index contributed by atoms with van der Waals surface area (Å²) in [5.41, 5.74) is 4.16. The van der Waals surface area contributed by atoms with Crippen molar-refractivity contribution in [1.82, 2.24) is 0 Å². The van der Waals surface area contributed by atoms with E-state index in [1.807, 2.05) is 48.2 Å². The molecule has 0 fully saturated rings. The third kappa shape index (κ3) is 11.5. The summed E-state index contributed by atoms with van der Waals surface area (Å²) in [5.74, 6) is 4.03.